The summed E-state index contributed by atoms with van der Waals surface area (Å²) in [5.41, 5.74) is 0.719. The molecule has 0 bridgehead atoms. The Morgan fingerprint density at radius 2 is 1.82 bits per heavy atom. The summed E-state index contributed by atoms with van der Waals surface area (Å²) in [7, 11) is 2.40. The molecule has 0 aromatic heterocycles. The molecule has 1 aliphatic rings. The van der Waals surface area contributed by atoms with E-state index < -0.39 is 14.9 Å². The monoisotopic (exact) mass is 493 g/mol. The fourth-order valence-corrected chi connectivity index (χ4v) is 5.89. The zero-order valence-electron chi connectivity index (χ0n) is 20.1. The quantitative estimate of drug-likeness (QED) is 0.384. The largest absolute Gasteiger partial charge is 0.493 e. The van der Waals surface area contributed by atoms with Crippen molar-refractivity contribution < 1.29 is 27.6 Å². The molecule has 1 atom stereocenters. The number of sulfonamides is 1. The van der Waals surface area contributed by atoms with Crippen LogP contribution in [0.2, 0.25) is 0 Å². The number of nitro groups is 1. The van der Waals surface area contributed by atoms with Gasteiger partial charge >= 0.3 is 0 Å². The third-order valence-corrected chi connectivity index (χ3v) is 7.87. The maximum Gasteiger partial charge on any atom is 0.293 e. The van der Waals surface area contributed by atoms with Crippen LogP contribution in [0.5, 0.6) is 17.2 Å². The first kappa shape index (κ1) is 25.6. The number of anilines is 1. The van der Waals surface area contributed by atoms with Crippen molar-refractivity contribution in [2.75, 3.05) is 46.4 Å². The maximum absolute atomic E-state index is 13.1. The molecule has 34 heavy (non-hydrogen) atoms. The summed E-state index contributed by atoms with van der Waals surface area (Å²) in [4.78, 5) is 12.9. The van der Waals surface area contributed by atoms with E-state index >= 15 is 0 Å². The Morgan fingerprint density at radius 3 is 2.41 bits per heavy atom. The van der Waals surface area contributed by atoms with Crippen LogP contribution in [0.4, 0.5) is 11.4 Å². The normalized spacial score (nSPS) is 16.7. The average Bonchev–Trinajstić information content (AvgIpc) is 2.83. The molecular weight excluding hydrogens is 462 g/mol. The third kappa shape index (κ3) is 5.05. The first-order valence-corrected chi connectivity index (χ1v) is 12.4. The summed E-state index contributed by atoms with van der Waals surface area (Å²) in [6.07, 6.45) is 1.74. The summed E-state index contributed by atoms with van der Waals surface area (Å²) >= 11 is 0. The minimum Gasteiger partial charge on any atom is -0.493 e. The molecule has 0 unspecified atom stereocenters. The van der Waals surface area contributed by atoms with Gasteiger partial charge in [-0.1, -0.05) is 6.92 Å². The minimum atomic E-state index is -3.82. The topological polar surface area (TPSA) is 111 Å². The molecule has 0 radical (unpaired) electrons. The molecular formula is C23H31N3O7S. The Kier molecular flexibility index (Phi) is 7.88. The van der Waals surface area contributed by atoms with E-state index in [2.05, 4.69) is 0 Å². The summed E-state index contributed by atoms with van der Waals surface area (Å²) in [6.45, 7) is 3.09. The fourth-order valence-electron chi connectivity index (χ4n) is 4.27. The SMILES string of the molecule is COc1ccc(CN(C)c2ccc(S(=O)(=O)N3CCC[C@@H](C)C3)cc2[N+](=O)[O-])c(OC)c1OC. The van der Waals surface area contributed by atoms with Crippen LogP contribution in [-0.4, -0.2) is 59.1 Å². The van der Waals surface area contributed by atoms with Crippen LogP contribution in [0.3, 0.4) is 0 Å². The van der Waals surface area contributed by atoms with Crippen LogP contribution in [0.15, 0.2) is 35.2 Å². The molecule has 0 N–H and O–H groups in total. The molecule has 0 spiro atoms. The molecule has 1 aliphatic heterocycles. The number of methoxy groups -OCH3 is 3. The van der Waals surface area contributed by atoms with Gasteiger partial charge in [0.25, 0.3) is 5.69 Å². The number of nitrogens with zero attached hydrogens (tertiary/aromatic N) is 3. The number of nitro benzene ring substituents is 1. The molecule has 1 heterocycles. The number of rotatable bonds is 9. The van der Waals surface area contributed by atoms with E-state index in [1.54, 1.807) is 24.1 Å². The smallest absolute Gasteiger partial charge is 0.293 e. The Morgan fingerprint density at radius 1 is 1.12 bits per heavy atom. The zero-order valence-corrected chi connectivity index (χ0v) is 20.9. The lowest BCUT2D eigenvalue weighted by Crippen LogP contribution is -2.39. The van der Waals surface area contributed by atoms with E-state index in [9.17, 15) is 18.5 Å². The van der Waals surface area contributed by atoms with E-state index in [0.717, 1.165) is 24.5 Å². The van der Waals surface area contributed by atoms with Gasteiger partial charge in [0.15, 0.2) is 11.5 Å². The highest BCUT2D eigenvalue weighted by Crippen LogP contribution is 2.41. The highest BCUT2D eigenvalue weighted by atomic mass is 32.2. The number of benzene rings is 2. The van der Waals surface area contributed by atoms with Crippen LogP contribution in [0.25, 0.3) is 0 Å². The van der Waals surface area contributed by atoms with Crippen LogP contribution in [0.1, 0.15) is 25.3 Å². The van der Waals surface area contributed by atoms with Crippen LogP contribution in [-0.2, 0) is 16.6 Å². The molecule has 3 rings (SSSR count). The van der Waals surface area contributed by atoms with Crippen LogP contribution < -0.4 is 19.1 Å². The van der Waals surface area contributed by atoms with Gasteiger partial charge in [0.1, 0.15) is 5.69 Å². The molecule has 186 valence electrons. The molecule has 10 nitrogen and oxygen atoms in total. The lowest BCUT2D eigenvalue weighted by Gasteiger charge is -2.30. The highest BCUT2D eigenvalue weighted by Gasteiger charge is 2.31. The lowest BCUT2D eigenvalue weighted by molar-refractivity contribution is -0.384. The van der Waals surface area contributed by atoms with Gasteiger partial charge in [0.05, 0.1) is 31.1 Å². The van der Waals surface area contributed by atoms with Crippen molar-refractivity contribution in [3.8, 4) is 17.2 Å². The van der Waals surface area contributed by atoms with Gasteiger partial charge in [-0.05, 0) is 43.0 Å². The van der Waals surface area contributed by atoms with Gasteiger partial charge in [-0.15, -0.1) is 0 Å². The second kappa shape index (κ2) is 10.5. The molecule has 0 amide bonds. The summed E-state index contributed by atoms with van der Waals surface area (Å²) in [6, 6.07) is 7.57. The van der Waals surface area contributed by atoms with E-state index in [1.165, 1.54) is 37.8 Å². The highest BCUT2D eigenvalue weighted by molar-refractivity contribution is 7.89. The zero-order chi connectivity index (χ0) is 25.0. The summed E-state index contributed by atoms with van der Waals surface area (Å²) in [5.74, 6) is 1.62. The second-order valence-corrected chi connectivity index (χ2v) is 10.3. The minimum absolute atomic E-state index is 0.0749. The number of ether oxygens (including phenoxy) is 3. The van der Waals surface area contributed by atoms with E-state index in [4.69, 9.17) is 14.2 Å². The molecule has 0 saturated carbocycles. The van der Waals surface area contributed by atoms with Crippen molar-refractivity contribution in [3.05, 3.63) is 46.0 Å². The Bertz CT molecular complexity index is 1150. The molecule has 0 aliphatic carbocycles. The van der Waals surface area contributed by atoms with Gasteiger partial charge in [0, 0.05) is 38.3 Å². The van der Waals surface area contributed by atoms with Gasteiger partial charge in [-0.2, -0.15) is 4.31 Å². The number of hydrogen-bond donors (Lipinski definition) is 0. The predicted molar refractivity (Wildman–Crippen MR) is 128 cm³/mol. The van der Waals surface area contributed by atoms with Gasteiger partial charge in [-0.3, -0.25) is 10.1 Å². The van der Waals surface area contributed by atoms with Gasteiger partial charge < -0.3 is 19.1 Å². The molecule has 2 aromatic rings. The standard InChI is InChI=1S/C23H31N3O7S/c1-16-7-6-12-25(14-16)34(29,30)18-9-10-19(20(13-18)26(27)28)24(2)15-17-8-11-21(31-3)23(33-5)22(17)32-4/h8-11,13,16H,6-7,12,14-15H2,1-5H3/t16-/m1/s1. The molecule has 2 aromatic carbocycles. The van der Waals surface area contributed by atoms with Crippen molar-refractivity contribution in [2.45, 2.75) is 31.2 Å². The van der Waals surface area contributed by atoms with Crippen LogP contribution in [0, 0.1) is 16.0 Å². The van der Waals surface area contributed by atoms with Crippen molar-refractivity contribution in [2.24, 2.45) is 5.92 Å². The van der Waals surface area contributed by atoms with E-state index in [0.29, 0.717) is 30.3 Å². The second-order valence-electron chi connectivity index (χ2n) is 8.37. The third-order valence-electron chi connectivity index (χ3n) is 6.01. The number of hydrogen-bond acceptors (Lipinski definition) is 8. The summed E-state index contributed by atoms with van der Waals surface area (Å²) < 4.78 is 43.9. The molecule has 1 saturated heterocycles. The van der Waals surface area contributed by atoms with Gasteiger partial charge in [0.2, 0.25) is 15.8 Å². The molecule has 1 fully saturated rings. The molecule has 11 heteroatoms. The Hall–Kier alpha value is -3.05. The number of piperidine rings is 1. The van der Waals surface area contributed by atoms with Crippen molar-refractivity contribution in [1.29, 1.82) is 0 Å². The first-order chi connectivity index (χ1) is 16.1. The van der Waals surface area contributed by atoms with Crippen molar-refractivity contribution in [1.82, 2.24) is 4.31 Å². The first-order valence-electron chi connectivity index (χ1n) is 10.9. The van der Waals surface area contributed by atoms with E-state index in [-0.39, 0.29) is 28.7 Å². The summed E-state index contributed by atoms with van der Waals surface area (Å²) in [5, 5.41) is 11.9. The van der Waals surface area contributed by atoms with Gasteiger partial charge in [-0.25, -0.2) is 8.42 Å². The lowest BCUT2D eigenvalue weighted by atomic mass is 10.0. The average molecular weight is 494 g/mol. The Labute approximate surface area is 200 Å². The van der Waals surface area contributed by atoms with Crippen molar-refractivity contribution >= 4 is 21.4 Å². The van der Waals surface area contributed by atoms with E-state index in [1.807, 2.05) is 6.92 Å². The fraction of sp³-hybridized carbons (Fsp3) is 0.478. The van der Waals surface area contributed by atoms with Crippen molar-refractivity contribution in [3.63, 3.8) is 0 Å². The Balaban J connectivity index is 1.96. The maximum atomic E-state index is 13.1. The predicted octanol–water partition coefficient (Wildman–Crippen LogP) is 3.68. The van der Waals surface area contributed by atoms with Crippen LogP contribution >= 0.6 is 0 Å².